The second kappa shape index (κ2) is 5.05. The molecule has 0 bridgehead atoms. The molecule has 6 nitrogen and oxygen atoms in total. The van der Waals surface area contributed by atoms with Crippen LogP contribution in [0.5, 0.6) is 23.5 Å². The second-order valence-corrected chi connectivity index (χ2v) is 3.82. The van der Waals surface area contributed by atoms with Crippen molar-refractivity contribution in [3.05, 3.63) is 29.0 Å². The van der Waals surface area contributed by atoms with Crippen molar-refractivity contribution < 1.29 is 14.6 Å². The molecule has 0 aliphatic rings. The van der Waals surface area contributed by atoms with Crippen molar-refractivity contribution in [3.63, 3.8) is 0 Å². The molecule has 0 fully saturated rings. The van der Waals surface area contributed by atoms with Gasteiger partial charge in [-0.1, -0.05) is 0 Å². The van der Waals surface area contributed by atoms with Crippen molar-refractivity contribution in [1.29, 1.82) is 0 Å². The second-order valence-electron chi connectivity index (χ2n) is 3.48. The van der Waals surface area contributed by atoms with Crippen LogP contribution in [0.25, 0.3) is 0 Å². The van der Waals surface area contributed by atoms with Crippen LogP contribution in [-0.2, 0) is 0 Å². The Morgan fingerprint density at radius 1 is 1.11 bits per heavy atom. The molecule has 0 atom stereocenters. The van der Waals surface area contributed by atoms with Crippen LogP contribution >= 0.6 is 11.6 Å². The van der Waals surface area contributed by atoms with E-state index < -0.39 is 0 Å². The lowest BCUT2D eigenvalue weighted by molar-refractivity contribution is 0.358. The Balaban J connectivity index is 2.30. The maximum atomic E-state index is 9.44. The van der Waals surface area contributed by atoms with Gasteiger partial charge in [0.15, 0.2) is 0 Å². The Hall–Kier alpha value is -2.08. The van der Waals surface area contributed by atoms with Gasteiger partial charge in [-0.3, -0.25) is 0 Å². The molecule has 1 N–H and O–H groups in total. The number of aromatic nitrogens is 3. The molecule has 7 heteroatoms. The van der Waals surface area contributed by atoms with Crippen molar-refractivity contribution in [3.8, 4) is 23.5 Å². The van der Waals surface area contributed by atoms with Crippen LogP contribution < -0.4 is 9.47 Å². The smallest absolute Gasteiger partial charge is 0.329 e. The van der Waals surface area contributed by atoms with Crippen molar-refractivity contribution in [2.24, 2.45) is 0 Å². The van der Waals surface area contributed by atoms with E-state index in [9.17, 15) is 5.11 Å². The van der Waals surface area contributed by atoms with Gasteiger partial charge in [0.2, 0.25) is 5.28 Å². The minimum Gasteiger partial charge on any atom is -0.508 e. The first-order chi connectivity index (χ1) is 8.56. The van der Waals surface area contributed by atoms with Crippen LogP contribution in [0.3, 0.4) is 0 Å². The Labute approximate surface area is 108 Å². The van der Waals surface area contributed by atoms with Gasteiger partial charge in [0.25, 0.3) is 0 Å². The average Bonchev–Trinajstić information content (AvgIpc) is 2.26. The van der Waals surface area contributed by atoms with E-state index in [2.05, 4.69) is 15.0 Å². The monoisotopic (exact) mass is 267 g/mol. The number of benzene rings is 1. The fraction of sp³-hybridized carbons (Fsp3) is 0.182. The molecule has 0 saturated heterocycles. The minimum absolute atomic E-state index is 0.00292. The van der Waals surface area contributed by atoms with E-state index in [1.54, 1.807) is 12.1 Å². The first-order valence-electron chi connectivity index (χ1n) is 5.01. The third-order valence-corrected chi connectivity index (χ3v) is 2.16. The molecule has 18 heavy (non-hydrogen) atoms. The number of phenolic OH excluding ortho intramolecular Hbond substituents is 1. The lowest BCUT2D eigenvalue weighted by Crippen LogP contribution is -1.98. The Morgan fingerprint density at radius 2 is 1.83 bits per heavy atom. The maximum absolute atomic E-state index is 9.44. The predicted octanol–water partition coefficient (Wildman–Crippen LogP) is 2.34. The number of nitrogens with zero attached hydrogens (tertiary/aromatic N) is 3. The van der Waals surface area contributed by atoms with E-state index in [1.807, 2.05) is 6.92 Å². The number of halogens is 1. The summed E-state index contributed by atoms with van der Waals surface area (Å²) in [6.07, 6.45) is 0. The van der Waals surface area contributed by atoms with Crippen molar-refractivity contribution >= 4 is 11.6 Å². The zero-order chi connectivity index (χ0) is 13.1. The summed E-state index contributed by atoms with van der Waals surface area (Å²) >= 11 is 5.69. The van der Waals surface area contributed by atoms with Crippen LogP contribution in [0.2, 0.25) is 5.28 Å². The van der Waals surface area contributed by atoms with Gasteiger partial charge < -0.3 is 14.6 Å². The molecule has 0 amide bonds. The largest absolute Gasteiger partial charge is 0.508 e. The van der Waals surface area contributed by atoms with Crippen LogP contribution in [0.4, 0.5) is 0 Å². The summed E-state index contributed by atoms with van der Waals surface area (Å²) in [5, 5.41) is 9.41. The zero-order valence-corrected chi connectivity index (χ0v) is 10.5. The van der Waals surface area contributed by atoms with Gasteiger partial charge in [0.05, 0.1) is 7.11 Å². The van der Waals surface area contributed by atoms with E-state index in [1.165, 1.54) is 13.2 Å². The highest BCUT2D eigenvalue weighted by Gasteiger charge is 2.08. The number of methoxy groups -OCH3 is 1. The molecule has 0 saturated carbocycles. The summed E-state index contributed by atoms with van der Waals surface area (Å²) in [5.74, 6) is 0.494. The van der Waals surface area contributed by atoms with Crippen molar-refractivity contribution in [1.82, 2.24) is 15.0 Å². The van der Waals surface area contributed by atoms with Crippen LogP contribution in [-0.4, -0.2) is 27.2 Å². The first kappa shape index (κ1) is 12.4. The van der Waals surface area contributed by atoms with Crippen LogP contribution in [0.15, 0.2) is 18.2 Å². The van der Waals surface area contributed by atoms with Crippen LogP contribution in [0, 0.1) is 6.92 Å². The Bertz CT molecular complexity index is 557. The minimum atomic E-state index is -0.0336. The van der Waals surface area contributed by atoms with Gasteiger partial charge in [-0.25, -0.2) is 0 Å². The van der Waals surface area contributed by atoms with Gasteiger partial charge in [-0.05, 0) is 36.2 Å². The molecular weight excluding hydrogens is 258 g/mol. The SMILES string of the molecule is COc1nc(Cl)nc(Oc2cc(C)cc(O)c2)n1. The maximum Gasteiger partial charge on any atom is 0.329 e. The van der Waals surface area contributed by atoms with Crippen LogP contribution in [0.1, 0.15) is 5.56 Å². The molecular formula is C11H10ClN3O3. The number of aromatic hydroxyl groups is 1. The number of ether oxygens (including phenoxy) is 2. The highest BCUT2D eigenvalue weighted by molar-refractivity contribution is 6.28. The van der Waals surface area contributed by atoms with Gasteiger partial charge in [-0.15, -0.1) is 4.98 Å². The molecule has 0 aliphatic carbocycles. The third kappa shape index (κ3) is 2.98. The highest BCUT2D eigenvalue weighted by Crippen LogP contribution is 2.25. The molecule has 0 unspecified atom stereocenters. The van der Waals surface area contributed by atoms with E-state index in [4.69, 9.17) is 21.1 Å². The molecule has 2 rings (SSSR count). The molecule has 0 spiro atoms. The summed E-state index contributed by atoms with van der Waals surface area (Å²) in [7, 11) is 1.41. The Kier molecular flexibility index (Phi) is 3.47. The summed E-state index contributed by atoms with van der Waals surface area (Å²) < 4.78 is 10.2. The van der Waals surface area contributed by atoms with E-state index in [0.717, 1.165) is 5.56 Å². The summed E-state index contributed by atoms with van der Waals surface area (Å²) in [5.41, 5.74) is 0.845. The number of hydrogen-bond acceptors (Lipinski definition) is 6. The number of phenols is 1. The average molecular weight is 268 g/mol. The van der Waals surface area contributed by atoms with Gasteiger partial charge in [0, 0.05) is 6.07 Å². The molecule has 94 valence electrons. The lowest BCUT2D eigenvalue weighted by Gasteiger charge is -2.06. The lowest BCUT2D eigenvalue weighted by atomic mass is 10.2. The zero-order valence-electron chi connectivity index (χ0n) is 9.72. The standard InChI is InChI=1S/C11H10ClN3O3/c1-6-3-7(16)5-8(4-6)18-11-14-9(12)13-10(15-11)17-2/h3-5,16H,1-2H3. The summed E-state index contributed by atoms with van der Waals surface area (Å²) in [6, 6.07) is 4.83. The predicted molar refractivity (Wildman–Crippen MR) is 64.3 cm³/mol. The number of aryl methyl sites for hydroxylation is 1. The van der Waals surface area contributed by atoms with E-state index in [0.29, 0.717) is 5.75 Å². The number of rotatable bonds is 3. The molecule has 1 heterocycles. The van der Waals surface area contributed by atoms with E-state index >= 15 is 0 Å². The normalized spacial score (nSPS) is 10.2. The number of hydrogen-bond donors (Lipinski definition) is 1. The van der Waals surface area contributed by atoms with Gasteiger partial charge in [0.1, 0.15) is 11.5 Å². The fourth-order valence-electron chi connectivity index (χ4n) is 1.34. The molecule has 1 aromatic carbocycles. The molecule has 0 aliphatic heterocycles. The van der Waals surface area contributed by atoms with E-state index in [-0.39, 0.29) is 23.1 Å². The fourth-order valence-corrected chi connectivity index (χ4v) is 1.49. The third-order valence-electron chi connectivity index (χ3n) is 1.99. The quantitative estimate of drug-likeness (QED) is 0.920. The van der Waals surface area contributed by atoms with Gasteiger partial charge >= 0.3 is 12.0 Å². The van der Waals surface area contributed by atoms with Crippen molar-refractivity contribution in [2.45, 2.75) is 6.92 Å². The summed E-state index contributed by atoms with van der Waals surface area (Å²) in [4.78, 5) is 11.4. The first-order valence-corrected chi connectivity index (χ1v) is 5.38. The topological polar surface area (TPSA) is 77.4 Å². The summed E-state index contributed by atoms with van der Waals surface area (Å²) in [6.45, 7) is 1.83. The molecule has 2 aromatic rings. The molecule has 0 radical (unpaired) electrons. The van der Waals surface area contributed by atoms with Crippen molar-refractivity contribution in [2.75, 3.05) is 7.11 Å². The van der Waals surface area contributed by atoms with Gasteiger partial charge in [-0.2, -0.15) is 9.97 Å². The highest BCUT2D eigenvalue weighted by atomic mass is 35.5. The Morgan fingerprint density at radius 3 is 2.50 bits per heavy atom. The molecule has 1 aromatic heterocycles.